The number of nitrogens with one attached hydrogen (secondary N) is 4. The molecule has 84 heavy (non-hydrogen) atoms. The van der Waals surface area contributed by atoms with Gasteiger partial charge in [-0.15, -0.1) is 23.5 Å². The highest BCUT2D eigenvalue weighted by atomic mass is 32.2. The Balaban J connectivity index is 0.000000308. The molecule has 2 saturated heterocycles. The number of carbonyl (C=O) groups excluding carboxylic acids is 7. The highest BCUT2D eigenvalue weighted by Gasteiger charge is 2.38. The third kappa shape index (κ3) is 21.7. The van der Waals surface area contributed by atoms with Crippen molar-refractivity contribution in [2.45, 2.75) is 108 Å². The standard InChI is InChI=1S/C29H34F3N3O7S.C27H30F3N3O7S/c1-5-40-25(37)16-41-20-8-6-18(7-9-20)33-26(38)27-35(10-11-43-27)24(36)14-19(34-28(39)42-29(2,3)4)12-17-13-22(31)23(32)15-21(17)30;1-27(2,3)40-26(38)32-17(10-15-11-20(29)21(30)13-19(15)28)12-22(34)33-8-9-41-25(33)24(37)31-16-4-6-18(7-5-16)39-14-23(35)36/h6-9,13,15,19,27H,5,10-12,14,16H2,1-4H3,(H,33,38)(H,34,39);4-7,11,13,17,25H,8-10,12,14H2,1-3H3,(H,31,37)(H,32,38)(H,35,36)/t19-,27?;17-,25?/m11/s1. The number of alkyl carbamates (subject to hydrolysis) is 2. The average Bonchev–Trinajstić information content (AvgIpc) is 4.26. The molecule has 2 unspecified atom stereocenters. The van der Waals surface area contributed by atoms with Crippen molar-refractivity contribution in [1.82, 2.24) is 20.4 Å². The lowest BCUT2D eigenvalue weighted by Crippen LogP contribution is -2.47. The van der Waals surface area contributed by atoms with E-state index in [4.69, 9.17) is 28.8 Å². The summed E-state index contributed by atoms with van der Waals surface area (Å²) in [5, 5.41) is 17.3. The Labute approximate surface area is 488 Å². The number of hydrogen-bond acceptors (Lipinski definition) is 15. The van der Waals surface area contributed by atoms with Crippen molar-refractivity contribution in [3.8, 4) is 11.5 Å². The molecule has 4 aromatic carbocycles. The Morgan fingerprint density at radius 2 is 0.940 bits per heavy atom. The maximum Gasteiger partial charge on any atom is 0.407 e. The van der Waals surface area contributed by atoms with Gasteiger partial charge in [0.2, 0.25) is 11.8 Å². The number of aliphatic carboxylic acids is 1. The number of rotatable bonds is 21. The van der Waals surface area contributed by atoms with Crippen LogP contribution in [-0.2, 0) is 55.8 Å². The second kappa shape index (κ2) is 30.6. The lowest BCUT2D eigenvalue weighted by Gasteiger charge is -2.27. The number of carbonyl (C=O) groups is 8. The van der Waals surface area contributed by atoms with Crippen LogP contribution in [0.15, 0.2) is 72.8 Å². The fraction of sp³-hybridized carbons (Fsp3) is 0.429. The number of halogens is 6. The molecule has 6 rings (SSSR count). The molecule has 4 aromatic rings. The van der Waals surface area contributed by atoms with Crippen LogP contribution in [0.5, 0.6) is 11.5 Å². The molecule has 0 aliphatic carbocycles. The molecule has 0 saturated carbocycles. The van der Waals surface area contributed by atoms with Gasteiger partial charge in [-0.05, 0) is 133 Å². The van der Waals surface area contributed by atoms with E-state index in [1.807, 2.05) is 0 Å². The van der Waals surface area contributed by atoms with Gasteiger partial charge in [0.15, 0.2) is 47.2 Å². The second-order valence-electron chi connectivity index (χ2n) is 20.6. The van der Waals surface area contributed by atoms with Gasteiger partial charge in [0.05, 0.1) is 6.61 Å². The van der Waals surface area contributed by atoms with Crippen LogP contribution in [0, 0.1) is 34.9 Å². The van der Waals surface area contributed by atoms with Crippen LogP contribution >= 0.6 is 23.5 Å². The minimum Gasteiger partial charge on any atom is -0.482 e. The minimum absolute atomic E-state index is 0.224. The molecular formula is C56H64F6N6O14S2. The van der Waals surface area contributed by atoms with E-state index < -0.39 is 123 Å². The van der Waals surface area contributed by atoms with E-state index >= 15 is 0 Å². The Morgan fingerprint density at radius 3 is 1.30 bits per heavy atom. The van der Waals surface area contributed by atoms with E-state index in [1.165, 1.54) is 57.6 Å². The number of nitrogens with zero attached hydrogens (tertiary/aromatic N) is 2. The Bertz CT molecular complexity index is 3010. The molecule has 0 aromatic heterocycles. The lowest BCUT2D eigenvalue weighted by molar-refractivity contribution is -0.145. The zero-order chi connectivity index (χ0) is 62.1. The van der Waals surface area contributed by atoms with Gasteiger partial charge in [-0.3, -0.25) is 19.2 Å². The van der Waals surface area contributed by atoms with Gasteiger partial charge in [0.1, 0.15) is 34.3 Å². The van der Waals surface area contributed by atoms with Crippen molar-refractivity contribution in [1.29, 1.82) is 0 Å². The zero-order valence-corrected chi connectivity index (χ0v) is 48.4. The topological polar surface area (TPSA) is 258 Å². The molecule has 456 valence electrons. The van der Waals surface area contributed by atoms with Gasteiger partial charge < -0.3 is 59.9 Å². The van der Waals surface area contributed by atoms with Crippen molar-refractivity contribution in [3.05, 3.63) is 119 Å². The summed E-state index contributed by atoms with van der Waals surface area (Å²) in [4.78, 5) is 102. The lowest BCUT2D eigenvalue weighted by atomic mass is 10.0. The van der Waals surface area contributed by atoms with Gasteiger partial charge in [-0.25, -0.2) is 45.5 Å². The normalized spacial score (nSPS) is 15.5. The van der Waals surface area contributed by atoms with Crippen LogP contribution in [0.2, 0.25) is 0 Å². The number of carboxylic acids is 1. The highest BCUT2D eigenvalue weighted by molar-refractivity contribution is 8.01. The second-order valence-corrected chi connectivity index (χ2v) is 23.0. The number of hydrogen-bond donors (Lipinski definition) is 5. The quantitative estimate of drug-likeness (QED) is 0.0227. The van der Waals surface area contributed by atoms with Crippen LogP contribution in [0.25, 0.3) is 0 Å². The smallest absolute Gasteiger partial charge is 0.407 e. The molecule has 2 aliphatic rings. The number of anilines is 2. The van der Waals surface area contributed by atoms with Crippen LogP contribution in [0.3, 0.4) is 0 Å². The first kappa shape index (κ1) is 66.9. The SMILES string of the molecule is CC(C)(C)OC(=O)N[C@@H](CC(=O)N1CCSC1C(=O)Nc1ccc(OCC(=O)O)cc1)Cc1cc(F)c(F)cc1F.CCOC(=O)COc1ccc(NC(=O)C2SCCN2C(=O)C[C@@H](Cc2cc(F)c(F)cc2F)NC(=O)OC(C)(C)C)cc1. The number of carboxylic acid groups (broad SMARTS) is 1. The summed E-state index contributed by atoms with van der Waals surface area (Å²) in [5.41, 5.74) is -1.43. The highest BCUT2D eigenvalue weighted by Crippen LogP contribution is 2.30. The van der Waals surface area contributed by atoms with E-state index in [0.29, 0.717) is 58.6 Å². The van der Waals surface area contributed by atoms with Crippen LogP contribution in [-0.4, -0.2) is 141 Å². The maximum absolute atomic E-state index is 14.4. The van der Waals surface area contributed by atoms with Gasteiger partial charge in [-0.2, -0.15) is 0 Å². The molecule has 4 atom stereocenters. The summed E-state index contributed by atoms with van der Waals surface area (Å²) in [5.74, 6) is -9.43. The van der Waals surface area contributed by atoms with Crippen molar-refractivity contribution >= 4 is 82.7 Å². The fourth-order valence-electron chi connectivity index (χ4n) is 7.98. The van der Waals surface area contributed by atoms with Gasteiger partial charge in [-0.1, -0.05) is 0 Å². The summed E-state index contributed by atoms with van der Waals surface area (Å²) in [6, 6.07) is 12.2. The van der Waals surface area contributed by atoms with Crippen LogP contribution in [0.4, 0.5) is 47.3 Å². The van der Waals surface area contributed by atoms with E-state index in [1.54, 1.807) is 72.7 Å². The third-order valence-corrected chi connectivity index (χ3v) is 13.9. The van der Waals surface area contributed by atoms with E-state index in [-0.39, 0.29) is 63.1 Å². The van der Waals surface area contributed by atoms with E-state index in [2.05, 4.69) is 21.3 Å². The monoisotopic (exact) mass is 1220 g/mol. The molecule has 5 N–H and O–H groups in total. The van der Waals surface area contributed by atoms with Crippen LogP contribution in [0.1, 0.15) is 72.4 Å². The molecule has 0 spiro atoms. The predicted octanol–water partition coefficient (Wildman–Crippen LogP) is 8.35. The summed E-state index contributed by atoms with van der Waals surface area (Å²) in [6.07, 6.45) is -3.20. The van der Waals surface area contributed by atoms with Gasteiger partial charge in [0, 0.05) is 73.0 Å². The summed E-state index contributed by atoms with van der Waals surface area (Å²) in [7, 11) is 0. The molecule has 6 amide bonds. The third-order valence-electron chi connectivity index (χ3n) is 11.5. The van der Waals surface area contributed by atoms with Gasteiger partial charge >= 0.3 is 24.1 Å². The molecule has 20 nitrogen and oxygen atoms in total. The molecule has 2 aliphatic heterocycles. The molecule has 2 heterocycles. The number of amides is 6. The van der Waals surface area contributed by atoms with Crippen molar-refractivity contribution in [3.63, 3.8) is 0 Å². The fourth-order valence-corrected chi connectivity index (χ4v) is 10.3. The summed E-state index contributed by atoms with van der Waals surface area (Å²) in [6.45, 7) is 11.4. The Hall–Kier alpha value is -7.88. The van der Waals surface area contributed by atoms with Gasteiger partial charge in [0.25, 0.3) is 11.8 Å². The Morgan fingerprint density at radius 1 is 0.571 bits per heavy atom. The molecule has 2 fully saturated rings. The number of esters is 1. The van der Waals surface area contributed by atoms with E-state index in [9.17, 15) is 64.7 Å². The molecule has 0 radical (unpaired) electrons. The molecule has 0 bridgehead atoms. The zero-order valence-electron chi connectivity index (χ0n) is 46.7. The van der Waals surface area contributed by atoms with Crippen molar-refractivity contribution < 1.29 is 93.5 Å². The first-order valence-electron chi connectivity index (χ1n) is 26.0. The molecule has 28 heteroatoms. The first-order chi connectivity index (χ1) is 39.5. The predicted molar refractivity (Wildman–Crippen MR) is 297 cm³/mol. The maximum atomic E-state index is 14.4. The van der Waals surface area contributed by atoms with Crippen molar-refractivity contribution in [2.75, 3.05) is 55.0 Å². The number of benzene rings is 4. The molecular weight excluding hydrogens is 1160 g/mol. The first-order valence-corrected chi connectivity index (χ1v) is 28.1. The van der Waals surface area contributed by atoms with Crippen molar-refractivity contribution in [2.24, 2.45) is 0 Å². The summed E-state index contributed by atoms with van der Waals surface area (Å²) >= 11 is 2.46. The summed E-state index contributed by atoms with van der Waals surface area (Å²) < 4.78 is 109. The van der Waals surface area contributed by atoms with Crippen LogP contribution < -0.4 is 30.7 Å². The minimum atomic E-state index is -1.37. The number of thioether (sulfide) groups is 2. The largest absolute Gasteiger partial charge is 0.482 e. The van der Waals surface area contributed by atoms with E-state index in [0.717, 1.165) is 0 Å². The number of ether oxygens (including phenoxy) is 5. The Kier molecular flexibility index (Phi) is 24.4. The average molecular weight is 1220 g/mol.